The van der Waals surface area contributed by atoms with Crippen molar-refractivity contribution >= 4 is 0 Å². The Morgan fingerprint density at radius 3 is 2.69 bits per heavy atom. The van der Waals surface area contributed by atoms with Crippen LogP contribution < -0.4 is 5.32 Å². The molecule has 2 N–H and O–H groups in total. The Bertz CT molecular complexity index is 378. The van der Waals surface area contributed by atoms with Crippen molar-refractivity contribution in [2.24, 2.45) is 0 Å². The third-order valence-electron chi connectivity index (χ3n) is 3.56. The van der Waals surface area contributed by atoms with E-state index in [1.807, 2.05) is 0 Å². The molecule has 1 aliphatic rings. The standard InChI is InChI=1S/C14H21NO/c1-10(2)12-5-4-11(3)13(8-12)14(16)6-7-15-9-14/h4-5,8,10,15-16H,6-7,9H2,1-3H3. The predicted molar refractivity (Wildman–Crippen MR) is 66.7 cm³/mol. The fraction of sp³-hybridized carbons (Fsp3) is 0.571. The zero-order valence-electron chi connectivity index (χ0n) is 10.4. The van der Waals surface area contributed by atoms with Crippen LogP contribution in [-0.2, 0) is 5.60 Å². The van der Waals surface area contributed by atoms with Crippen LogP contribution in [0.4, 0.5) is 0 Å². The number of nitrogens with one attached hydrogen (secondary N) is 1. The molecule has 0 radical (unpaired) electrons. The van der Waals surface area contributed by atoms with Crippen molar-refractivity contribution in [3.05, 3.63) is 34.9 Å². The lowest BCUT2D eigenvalue weighted by Gasteiger charge is -2.25. The van der Waals surface area contributed by atoms with Crippen LogP contribution in [0, 0.1) is 6.92 Å². The van der Waals surface area contributed by atoms with Crippen molar-refractivity contribution < 1.29 is 5.11 Å². The van der Waals surface area contributed by atoms with E-state index in [-0.39, 0.29) is 0 Å². The fourth-order valence-electron chi connectivity index (χ4n) is 2.41. The van der Waals surface area contributed by atoms with Gasteiger partial charge in [-0.25, -0.2) is 0 Å². The Morgan fingerprint density at radius 2 is 2.12 bits per heavy atom. The summed E-state index contributed by atoms with van der Waals surface area (Å²) in [5.74, 6) is 0.511. The van der Waals surface area contributed by atoms with Gasteiger partial charge in [-0.3, -0.25) is 0 Å². The van der Waals surface area contributed by atoms with Gasteiger partial charge >= 0.3 is 0 Å². The van der Waals surface area contributed by atoms with Crippen molar-refractivity contribution in [1.29, 1.82) is 0 Å². The molecule has 0 aromatic heterocycles. The van der Waals surface area contributed by atoms with Crippen molar-refractivity contribution in [1.82, 2.24) is 5.32 Å². The quantitative estimate of drug-likeness (QED) is 0.800. The lowest BCUT2D eigenvalue weighted by Crippen LogP contribution is -2.29. The Balaban J connectivity index is 2.42. The van der Waals surface area contributed by atoms with Gasteiger partial charge in [0.05, 0.1) is 0 Å². The smallest absolute Gasteiger partial charge is 0.103 e. The second-order valence-electron chi connectivity index (χ2n) is 5.19. The van der Waals surface area contributed by atoms with Crippen LogP contribution in [0.15, 0.2) is 18.2 Å². The average Bonchev–Trinajstić information content (AvgIpc) is 2.66. The summed E-state index contributed by atoms with van der Waals surface area (Å²) in [4.78, 5) is 0. The van der Waals surface area contributed by atoms with E-state index in [2.05, 4.69) is 44.3 Å². The SMILES string of the molecule is Cc1ccc(C(C)C)cc1C1(O)CCNC1. The van der Waals surface area contributed by atoms with Gasteiger partial charge < -0.3 is 10.4 Å². The number of benzene rings is 1. The summed E-state index contributed by atoms with van der Waals surface area (Å²) in [5, 5.41) is 13.8. The first-order valence-electron chi connectivity index (χ1n) is 6.07. The Kier molecular flexibility index (Phi) is 3.04. The zero-order chi connectivity index (χ0) is 11.8. The first-order valence-corrected chi connectivity index (χ1v) is 6.07. The maximum atomic E-state index is 10.6. The van der Waals surface area contributed by atoms with E-state index in [1.165, 1.54) is 11.1 Å². The normalized spacial score (nSPS) is 25.3. The molecule has 1 saturated heterocycles. The van der Waals surface area contributed by atoms with Gasteiger partial charge in [0, 0.05) is 6.54 Å². The largest absolute Gasteiger partial charge is 0.384 e. The molecule has 16 heavy (non-hydrogen) atoms. The summed E-state index contributed by atoms with van der Waals surface area (Å²) in [6, 6.07) is 6.46. The van der Waals surface area contributed by atoms with E-state index in [0.29, 0.717) is 12.5 Å². The summed E-state index contributed by atoms with van der Waals surface area (Å²) in [6.45, 7) is 8.03. The lowest BCUT2D eigenvalue weighted by molar-refractivity contribution is 0.0580. The highest BCUT2D eigenvalue weighted by Crippen LogP contribution is 2.32. The van der Waals surface area contributed by atoms with Crippen LogP contribution in [-0.4, -0.2) is 18.2 Å². The Hall–Kier alpha value is -0.860. The highest BCUT2D eigenvalue weighted by molar-refractivity contribution is 5.37. The van der Waals surface area contributed by atoms with Crippen molar-refractivity contribution in [3.63, 3.8) is 0 Å². The zero-order valence-corrected chi connectivity index (χ0v) is 10.4. The molecule has 0 bridgehead atoms. The molecule has 1 unspecified atom stereocenters. The number of aryl methyl sites for hydroxylation is 1. The molecule has 1 aromatic rings. The first kappa shape index (κ1) is 11.6. The second kappa shape index (κ2) is 4.19. The van der Waals surface area contributed by atoms with Crippen molar-refractivity contribution in [2.75, 3.05) is 13.1 Å². The van der Waals surface area contributed by atoms with Crippen LogP contribution in [0.25, 0.3) is 0 Å². The molecule has 1 fully saturated rings. The van der Waals surface area contributed by atoms with E-state index in [4.69, 9.17) is 0 Å². The highest BCUT2D eigenvalue weighted by Gasteiger charge is 2.34. The van der Waals surface area contributed by atoms with Crippen molar-refractivity contribution in [2.45, 2.75) is 38.7 Å². The van der Waals surface area contributed by atoms with Crippen LogP contribution in [0.1, 0.15) is 42.9 Å². The minimum absolute atomic E-state index is 0.511. The number of hydrogen-bond acceptors (Lipinski definition) is 2. The van der Waals surface area contributed by atoms with Crippen LogP contribution in [0.2, 0.25) is 0 Å². The van der Waals surface area contributed by atoms with E-state index in [9.17, 15) is 5.11 Å². The van der Waals surface area contributed by atoms with Gasteiger partial charge in [0.1, 0.15) is 5.60 Å². The van der Waals surface area contributed by atoms with Gasteiger partial charge in [-0.05, 0) is 42.5 Å². The van der Waals surface area contributed by atoms with Gasteiger partial charge in [-0.2, -0.15) is 0 Å². The maximum Gasteiger partial charge on any atom is 0.103 e. The molecule has 1 atom stereocenters. The van der Waals surface area contributed by atoms with E-state index < -0.39 is 5.60 Å². The van der Waals surface area contributed by atoms with E-state index in [0.717, 1.165) is 18.5 Å². The first-order chi connectivity index (χ1) is 7.53. The second-order valence-corrected chi connectivity index (χ2v) is 5.19. The molecule has 1 heterocycles. The molecule has 0 saturated carbocycles. The molecule has 1 aromatic carbocycles. The summed E-state index contributed by atoms with van der Waals surface area (Å²) in [6.07, 6.45) is 0.815. The van der Waals surface area contributed by atoms with E-state index in [1.54, 1.807) is 0 Å². The van der Waals surface area contributed by atoms with Crippen LogP contribution in [0.5, 0.6) is 0 Å². The van der Waals surface area contributed by atoms with Gasteiger partial charge in [0.15, 0.2) is 0 Å². The van der Waals surface area contributed by atoms with Gasteiger partial charge in [0.2, 0.25) is 0 Å². The highest BCUT2D eigenvalue weighted by atomic mass is 16.3. The molecule has 2 rings (SSSR count). The third kappa shape index (κ3) is 2.00. The minimum Gasteiger partial charge on any atom is -0.384 e. The lowest BCUT2D eigenvalue weighted by atomic mass is 9.86. The molecule has 1 aliphatic heterocycles. The maximum absolute atomic E-state index is 10.6. The monoisotopic (exact) mass is 219 g/mol. The van der Waals surface area contributed by atoms with E-state index >= 15 is 0 Å². The summed E-state index contributed by atoms with van der Waals surface area (Å²) in [7, 11) is 0. The molecular weight excluding hydrogens is 198 g/mol. The topological polar surface area (TPSA) is 32.3 Å². The molecule has 2 nitrogen and oxygen atoms in total. The third-order valence-corrected chi connectivity index (χ3v) is 3.56. The molecule has 88 valence electrons. The van der Waals surface area contributed by atoms with Crippen LogP contribution >= 0.6 is 0 Å². The van der Waals surface area contributed by atoms with Crippen molar-refractivity contribution in [3.8, 4) is 0 Å². The minimum atomic E-state index is -0.658. The number of hydrogen-bond donors (Lipinski definition) is 2. The summed E-state index contributed by atoms with van der Waals surface area (Å²) >= 11 is 0. The number of rotatable bonds is 2. The van der Waals surface area contributed by atoms with Gasteiger partial charge in [0.25, 0.3) is 0 Å². The molecule has 2 heteroatoms. The number of aliphatic hydroxyl groups is 1. The molecule has 0 amide bonds. The summed E-state index contributed by atoms with van der Waals surface area (Å²) < 4.78 is 0. The fourth-order valence-corrected chi connectivity index (χ4v) is 2.41. The van der Waals surface area contributed by atoms with Gasteiger partial charge in [-0.15, -0.1) is 0 Å². The molecule has 0 spiro atoms. The Morgan fingerprint density at radius 1 is 1.38 bits per heavy atom. The molecular formula is C14H21NO. The van der Waals surface area contributed by atoms with Gasteiger partial charge in [-0.1, -0.05) is 32.0 Å². The average molecular weight is 219 g/mol. The Labute approximate surface area is 97.7 Å². The van der Waals surface area contributed by atoms with Crippen LogP contribution in [0.3, 0.4) is 0 Å². The predicted octanol–water partition coefficient (Wildman–Crippen LogP) is 2.30. The number of β-amino-alcohol motifs (C(OH)–C–C–N with tert-alkyl or cyclic N) is 1. The molecule has 0 aliphatic carbocycles. The summed E-state index contributed by atoms with van der Waals surface area (Å²) in [5.41, 5.74) is 2.94.